The number of aliphatic carboxylic acids is 1. The van der Waals surface area contributed by atoms with E-state index in [4.69, 9.17) is 5.11 Å². The first-order chi connectivity index (χ1) is 10.5. The van der Waals surface area contributed by atoms with Gasteiger partial charge in [0, 0.05) is 18.2 Å². The number of carbonyl (C=O) groups excluding carboxylic acids is 1. The minimum Gasteiger partial charge on any atom is -0.481 e. The molecule has 0 saturated heterocycles. The van der Waals surface area contributed by atoms with Crippen molar-refractivity contribution in [1.29, 1.82) is 0 Å². The number of aryl methyl sites for hydroxylation is 1. The molecule has 1 aromatic carbocycles. The smallest absolute Gasteiger partial charge is 0.306 e. The van der Waals surface area contributed by atoms with Crippen molar-refractivity contribution >= 4 is 17.6 Å². The Morgan fingerprint density at radius 3 is 2.50 bits per heavy atom. The van der Waals surface area contributed by atoms with Gasteiger partial charge in [-0.3, -0.25) is 9.59 Å². The lowest BCUT2D eigenvalue weighted by molar-refractivity contribution is -0.148. The van der Waals surface area contributed by atoms with E-state index in [2.05, 4.69) is 0 Å². The maximum atomic E-state index is 13.8. The lowest BCUT2D eigenvalue weighted by Crippen LogP contribution is -2.44. The zero-order valence-corrected chi connectivity index (χ0v) is 12.6. The summed E-state index contributed by atoms with van der Waals surface area (Å²) in [5, 5.41) is 8.94. The molecule has 0 unspecified atom stereocenters. The van der Waals surface area contributed by atoms with Gasteiger partial charge in [-0.15, -0.1) is 0 Å². The standard InChI is InChI=1S/C17H20FNO3/c1-10-2-5-14(8-15(10)18)19(9-11-3-4-11)16(20)12-6-13(7-12)17(21)22/h2,5,8,11-13H,3-4,6-7,9H2,1H3,(H,21,22). The van der Waals surface area contributed by atoms with Crippen LogP contribution in [0.4, 0.5) is 10.1 Å². The molecular weight excluding hydrogens is 285 g/mol. The molecule has 22 heavy (non-hydrogen) atoms. The lowest BCUT2D eigenvalue weighted by Gasteiger charge is -2.35. The second-order valence-electron chi connectivity index (χ2n) is 6.53. The van der Waals surface area contributed by atoms with Gasteiger partial charge < -0.3 is 10.0 Å². The number of carboxylic acid groups (broad SMARTS) is 1. The summed E-state index contributed by atoms with van der Waals surface area (Å²) in [7, 11) is 0. The summed E-state index contributed by atoms with van der Waals surface area (Å²) in [5.74, 6) is -1.38. The highest BCUT2D eigenvalue weighted by Gasteiger charge is 2.41. The number of carbonyl (C=O) groups is 2. The number of rotatable bonds is 5. The molecule has 1 amide bonds. The molecule has 118 valence electrons. The monoisotopic (exact) mass is 305 g/mol. The molecule has 0 heterocycles. The van der Waals surface area contributed by atoms with E-state index in [1.165, 1.54) is 6.07 Å². The van der Waals surface area contributed by atoms with Crippen LogP contribution in [0.15, 0.2) is 18.2 Å². The fraction of sp³-hybridized carbons (Fsp3) is 0.529. The van der Waals surface area contributed by atoms with Gasteiger partial charge in [0.25, 0.3) is 0 Å². The summed E-state index contributed by atoms with van der Waals surface area (Å²) in [4.78, 5) is 25.2. The lowest BCUT2D eigenvalue weighted by atomic mass is 9.74. The predicted octanol–water partition coefficient (Wildman–Crippen LogP) is 2.99. The molecule has 2 aliphatic rings. The van der Waals surface area contributed by atoms with Gasteiger partial charge in [-0.2, -0.15) is 0 Å². The Labute approximate surface area is 128 Å². The molecule has 2 aliphatic carbocycles. The fourth-order valence-electron chi connectivity index (χ4n) is 2.87. The van der Waals surface area contributed by atoms with Crippen LogP contribution in [0.25, 0.3) is 0 Å². The van der Waals surface area contributed by atoms with Crippen LogP contribution < -0.4 is 4.90 Å². The molecule has 0 bridgehead atoms. The topological polar surface area (TPSA) is 57.6 Å². The maximum Gasteiger partial charge on any atom is 0.306 e. The number of nitrogens with zero attached hydrogens (tertiary/aromatic N) is 1. The Kier molecular flexibility index (Phi) is 3.89. The first-order valence-electron chi connectivity index (χ1n) is 7.76. The van der Waals surface area contributed by atoms with E-state index < -0.39 is 11.9 Å². The zero-order chi connectivity index (χ0) is 15.9. The molecule has 2 fully saturated rings. The first-order valence-corrected chi connectivity index (χ1v) is 7.76. The van der Waals surface area contributed by atoms with Crippen molar-refractivity contribution in [3.05, 3.63) is 29.6 Å². The number of benzene rings is 1. The molecule has 5 heteroatoms. The highest BCUT2D eigenvalue weighted by Crippen LogP contribution is 2.38. The predicted molar refractivity (Wildman–Crippen MR) is 80.1 cm³/mol. The molecule has 0 aliphatic heterocycles. The van der Waals surface area contributed by atoms with E-state index in [-0.39, 0.29) is 17.6 Å². The minimum absolute atomic E-state index is 0.0624. The second-order valence-corrected chi connectivity index (χ2v) is 6.53. The summed E-state index contributed by atoms with van der Waals surface area (Å²) in [6, 6.07) is 4.85. The zero-order valence-electron chi connectivity index (χ0n) is 12.6. The molecular formula is C17H20FNO3. The van der Waals surface area contributed by atoms with Crippen molar-refractivity contribution in [2.75, 3.05) is 11.4 Å². The molecule has 0 radical (unpaired) electrons. The normalized spacial score (nSPS) is 23.7. The molecule has 1 aromatic rings. The number of hydrogen-bond donors (Lipinski definition) is 1. The average molecular weight is 305 g/mol. The fourth-order valence-corrected chi connectivity index (χ4v) is 2.87. The molecule has 0 atom stereocenters. The van der Waals surface area contributed by atoms with Gasteiger partial charge in [0.2, 0.25) is 5.91 Å². The second kappa shape index (κ2) is 5.71. The summed E-state index contributed by atoms with van der Waals surface area (Å²) >= 11 is 0. The van der Waals surface area contributed by atoms with E-state index >= 15 is 0 Å². The van der Waals surface area contributed by atoms with E-state index in [0.29, 0.717) is 36.6 Å². The third kappa shape index (κ3) is 2.98. The Morgan fingerprint density at radius 1 is 1.27 bits per heavy atom. The Hall–Kier alpha value is -1.91. The first kappa shape index (κ1) is 15.0. The Bertz CT molecular complexity index is 606. The van der Waals surface area contributed by atoms with Crippen LogP contribution in [0, 0.1) is 30.5 Å². The van der Waals surface area contributed by atoms with E-state index in [1.54, 1.807) is 24.0 Å². The molecule has 0 spiro atoms. The van der Waals surface area contributed by atoms with E-state index in [9.17, 15) is 14.0 Å². The Balaban J connectivity index is 1.76. The van der Waals surface area contributed by atoms with Crippen LogP contribution in [0.1, 0.15) is 31.2 Å². The molecule has 4 nitrogen and oxygen atoms in total. The van der Waals surface area contributed by atoms with Crippen molar-refractivity contribution < 1.29 is 19.1 Å². The molecule has 1 N–H and O–H groups in total. The van der Waals surface area contributed by atoms with Crippen LogP contribution >= 0.6 is 0 Å². The van der Waals surface area contributed by atoms with Crippen molar-refractivity contribution in [1.82, 2.24) is 0 Å². The number of carboxylic acids is 1. The average Bonchev–Trinajstić information content (AvgIpc) is 3.21. The van der Waals surface area contributed by atoms with Crippen molar-refractivity contribution in [2.45, 2.75) is 32.6 Å². The maximum absolute atomic E-state index is 13.8. The van der Waals surface area contributed by atoms with Gasteiger partial charge in [0.05, 0.1) is 5.92 Å². The van der Waals surface area contributed by atoms with Crippen molar-refractivity contribution in [3.8, 4) is 0 Å². The third-order valence-electron chi connectivity index (χ3n) is 4.71. The highest BCUT2D eigenvalue weighted by molar-refractivity contribution is 5.96. The van der Waals surface area contributed by atoms with E-state index in [0.717, 1.165) is 12.8 Å². The van der Waals surface area contributed by atoms with Gasteiger partial charge in [0.15, 0.2) is 0 Å². The van der Waals surface area contributed by atoms with Crippen LogP contribution in [0.2, 0.25) is 0 Å². The summed E-state index contributed by atoms with van der Waals surface area (Å²) < 4.78 is 13.8. The van der Waals surface area contributed by atoms with Gasteiger partial charge >= 0.3 is 5.97 Å². The van der Waals surface area contributed by atoms with Gasteiger partial charge in [0.1, 0.15) is 5.82 Å². The highest BCUT2D eigenvalue weighted by atomic mass is 19.1. The number of amides is 1. The van der Waals surface area contributed by atoms with E-state index in [1.807, 2.05) is 0 Å². The summed E-state index contributed by atoms with van der Waals surface area (Å²) in [5.41, 5.74) is 1.14. The third-order valence-corrected chi connectivity index (χ3v) is 4.71. The molecule has 2 saturated carbocycles. The van der Waals surface area contributed by atoms with Gasteiger partial charge in [-0.1, -0.05) is 6.07 Å². The largest absolute Gasteiger partial charge is 0.481 e. The molecule has 3 rings (SSSR count). The minimum atomic E-state index is -0.834. The van der Waals surface area contributed by atoms with Crippen LogP contribution in [0.5, 0.6) is 0 Å². The van der Waals surface area contributed by atoms with Gasteiger partial charge in [-0.25, -0.2) is 4.39 Å². The van der Waals surface area contributed by atoms with Crippen molar-refractivity contribution in [2.24, 2.45) is 17.8 Å². The summed E-state index contributed by atoms with van der Waals surface area (Å²) in [6.45, 7) is 2.30. The number of hydrogen-bond acceptors (Lipinski definition) is 2. The SMILES string of the molecule is Cc1ccc(N(CC2CC2)C(=O)C2CC(C(=O)O)C2)cc1F. The van der Waals surface area contributed by atoms with Crippen LogP contribution in [-0.4, -0.2) is 23.5 Å². The van der Waals surface area contributed by atoms with Crippen LogP contribution in [0.3, 0.4) is 0 Å². The Morgan fingerprint density at radius 2 is 1.95 bits per heavy atom. The van der Waals surface area contributed by atoms with Crippen molar-refractivity contribution in [3.63, 3.8) is 0 Å². The summed E-state index contributed by atoms with van der Waals surface area (Å²) in [6.07, 6.45) is 2.98. The quantitative estimate of drug-likeness (QED) is 0.910. The van der Waals surface area contributed by atoms with Gasteiger partial charge in [-0.05, 0) is 56.2 Å². The number of halogens is 1. The molecule has 0 aromatic heterocycles. The van der Waals surface area contributed by atoms with Crippen LogP contribution in [-0.2, 0) is 9.59 Å². The number of anilines is 1.